The Morgan fingerprint density at radius 3 is 2.00 bits per heavy atom. The number of hydrogen-bond acceptors (Lipinski definition) is 2. The molecule has 2 heteroatoms. The molecular weight excluding hydrogens is 414 g/mol. The lowest BCUT2D eigenvalue weighted by atomic mass is 9.96. The standard InChI is InChI=1S/C32H27NO/c33-32(20-23-11-12-24-5-1-3-7-27(24)17-23)21-30(32)26-13-9-22(10-14-26)18-31(34)29-16-15-25-6-2-4-8-28(25)19-29/h1-17,19,30H,18,20-21,33H2/t30-,32+/m0/s1. The predicted molar refractivity (Wildman–Crippen MR) is 140 cm³/mol. The number of carbonyl (C=O) groups is 1. The topological polar surface area (TPSA) is 43.1 Å². The molecule has 5 aromatic carbocycles. The van der Waals surface area contributed by atoms with Crippen LogP contribution in [0.2, 0.25) is 0 Å². The summed E-state index contributed by atoms with van der Waals surface area (Å²) in [6, 6.07) is 37.7. The molecular formula is C32H27NO. The van der Waals surface area contributed by atoms with Crippen molar-refractivity contribution >= 4 is 27.3 Å². The molecule has 166 valence electrons. The SMILES string of the molecule is N[C@]1(Cc2ccc3ccccc3c2)C[C@H]1c1ccc(CC(=O)c2ccc3ccccc3c2)cc1. The summed E-state index contributed by atoms with van der Waals surface area (Å²) in [7, 11) is 0. The number of Topliss-reactive ketones (excluding diaryl/α,β-unsaturated/α-hetero) is 1. The van der Waals surface area contributed by atoms with Gasteiger partial charge in [-0.25, -0.2) is 0 Å². The smallest absolute Gasteiger partial charge is 0.167 e. The van der Waals surface area contributed by atoms with Gasteiger partial charge in [0.05, 0.1) is 0 Å². The first-order valence-corrected chi connectivity index (χ1v) is 11.9. The molecule has 5 aromatic rings. The summed E-state index contributed by atoms with van der Waals surface area (Å²) < 4.78 is 0. The second kappa shape index (κ2) is 8.23. The average molecular weight is 442 g/mol. The molecule has 0 saturated heterocycles. The number of carbonyl (C=O) groups excluding carboxylic acids is 1. The maximum atomic E-state index is 12.9. The zero-order valence-electron chi connectivity index (χ0n) is 19.1. The van der Waals surface area contributed by atoms with Crippen molar-refractivity contribution < 1.29 is 4.79 Å². The highest BCUT2D eigenvalue weighted by atomic mass is 16.1. The number of benzene rings is 5. The van der Waals surface area contributed by atoms with Crippen molar-refractivity contribution in [3.63, 3.8) is 0 Å². The van der Waals surface area contributed by atoms with Gasteiger partial charge in [0.15, 0.2) is 5.78 Å². The minimum Gasteiger partial charge on any atom is -0.324 e. The number of nitrogens with two attached hydrogens (primary N) is 1. The van der Waals surface area contributed by atoms with E-state index in [-0.39, 0.29) is 11.3 Å². The Kier molecular flexibility index (Phi) is 5.04. The van der Waals surface area contributed by atoms with Gasteiger partial charge in [0.25, 0.3) is 0 Å². The molecule has 0 heterocycles. The van der Waals surface area contributed by atoms with Crippen molar-refractivity contribution in [2.24, 2.45) is 5.73 Å². The molecule has 2 atom stereocenters. The van der Waals surface area contributed by atoms with Crippen molar-refractivity contribution in [3.8, 4) is 0 Å². The minimum absolute atomic E-state index is 0.148. The Morgan fingerprint density at radius 1 is 0.706 bits per heavy atom. The van der Waals surface area contributed by atoms with Gasteiger partial charge in [-0.15, -0.1) is 0 Å². The molecule has 0 spiro atoms. The summed E-state index contributed by atoms with van der Waals surface area (Å²) in [5.74, 6) is 0.513. The number of fused-ring (bicyclic) bond motifs is 2. The molecule has 2 N–H and O–H groups in total. The third-order valence-electron chi connectivity index (χ3n) is 7.28. The number of hydrogen-bond donors (Lipinski definition) is 1. The van der Waals surface area contributed by atoms with Gasteiger partial charge < -0.3 is 5.73 Å². The first-order chi connectivity index (χ1) is 16.6. The third kappa shape index (κ3) is 4.02. The van der Waals surface area contributed by atoms with Gasteiger partial charge in [-0.3, -0.25) is 4.79 Å². The lowest BCUT2D eigenvalue weighted by Gasteiger charge is -2.13. The van der Waals surface area contributed by atoms with Crippen LogP contribution < -0.4 is 5.73 Å². The van der Waals surface area contributed by atoms with E-state index in [1.54, 1.807) is 0 Å². The largest absolute Gasteiger partial charge is 0.324 e. The zero-order chi connectivity index (χ0) is 23.1. The fourth-order valence-electron chi connectivity index (χ4n) is 5.21. The second-order valence-corrected chi connectivity index (χ2v) is 9.75. The molecule has 34 heavy (non-hydrogen) atoms. The van der Waals surface area contributed by atoms with E-state index in [1.807, 2.05) is 36.4 Å². The molecule has 1 aliphatic carbocycles. The average Bonchev–Trinajstić information content (AvgIpc) is 3.54. The first kappa shape index (κ1) is 20.8. The highest BCUT2D eigenvalue weighted by Crippen LogP contribution is 2.51. The zero-order valence-corrected chi connectivity index (χ0v) is 19.1. The molecule has 0 unspecified atom stereocenters. The van der Waals surface area contributed by atoms with Crippen molar-refractivity contribution in [3.05, 3.63) is 131 Å². The van der Waals surface area contributed by atoms with Gasteiger partial charge >= 0.3 is 0 Å². The van der Waals surface area contributed by atoms with Gasteiger partial charge in [-0.05, 0) is 57.1 Å². The lowest BCUT2D eigenvalue weighted by molar-refractivity contribution is 0.0993. The third-order valence-corrected chi connectivity index (χ3v) is 7.28. The Hall–Kier alpha value is -3.75. The summed E-state index contributed by atoms with van der Waals surface area (Å²) in [6.45, 7) is 0. The fourth-order valence-corrected chi connectivity index (χ4v) is 5.21. The number of rotatable bonds is 6. The lowest BCUT2D eigenvalue weighted by Crippen LogP contribution is -2.27. The van der Waals surface area contributed by atoms with Crippen LogP contribution in [0.5, 0.6) is 0 Å². The van der Waals surface area contributed by atoms with E-state index < -0.39 is 0 Å². The molecule has 1 aliphatic rings. The normalized spacial score (nSPS) is 19.4. The van der Waals surface area contributed by atoms with Crippen LogP contribution in [-0.2, 0) is 12.8 Å². The molecule has 0 aliphatic heterocycles. The molecule has 1 fully saturated rings. The Balaban J connectivity index is 1.13. The van der Waals surface area contributed by atoms with Crippen LogP contribution >= 0.6 is 0 Å². The van der Waals surface area contributed by atoms with Crippen LogP contribution in [0.25, 0.3) is 21.5 Å². The maximum absolute atomic E-state index is 12.9. The van der Waals surface area contributed by atoms with Crippen LogP contribution in [0.4, 0.5) is 0 Å². The Bertz CT molecular complexity index is 1520. The monoisotopic (exact) mass is 441 g/mol. The van der Waals surface area contributed by atoms with Gasteiger partial charge in [0.2, 0.25) is 0 Å². The van der Waals surface area contributed by atoms with Crippen LogP contribution in [0, 0.1) is 0 Å². The molecule has 0 radical (unpaired) electrons. The van der Waals surface area contributed by atoms with Crippen molar-refractivity contribution in [1.29, 1.82) is 0 Å². The summed E-state index contributed by atoms with van der Waals surface area (Å²) in [6.07, 6.45) is 2.29. The Labute approximate surface area is 200 Å². The van der Waals surface area contributed by atoms with E-state index in [4.69, 9.17) is 5.73 Å². The van der Waals surface area contributed by atoms with E-state index >= 15 is 0 Å². The van der Waals surface area contributed by atoms with Crippen molar-refractivity contribution in [1.82, 2.24) is 0 Å². The maximum Gasteiger partial charge on any atom is 0.167 e. The Morgan fingerprint density at radius 2 is 1.29 bits per heavy atom. The summed E-state index contributed by atoms with van der Waals surface area (Å²) >= 11 is 0. The van der Waals surface area contributed by atoms with Crippen LogP contribution in [0.3, 0.4) is 0 Å². The van der Waals surface area contributed by atoms with Gasteiger partial charge in [0.1, 0.15) is 0 Å². The van der Waals surface area contributed by atoms with E-state index in [0.29, 0.717) is 12.3 Å². The molecule has 1 saturated carbocycles. The van der Waals surface area contributed by atoms with Gasteiger partial charge in [-0.2, -0.15) is 0 Å². The van der Waals surface area contributed by atoms with E-state index in [0.717, 1.165) is 34.7 Å². The summed E-state index contributed by atoms with van der Waals surface area (Å²) in [4.78, 5) is 12.9. The highest BCUT2D eigenvalue weighted by molar-refractivity contribution is 6.01. The van der Waals surface area contributed by atoms with E-state index in [9.17, 15) is 4.79 Å². The van der Waals surface area contributed by atoms with Crippen molar-refractivity contribution in [2.45, 2.75) is 30.7 Å². The molecule has 2 nitrogen and oxygen atoms in total. The second-order valence-electron chi connectivity index (χ2n) is 9.75. The summed E-state index contributed by atoms with van der Waals surface area (Å²) in [5.41, 5.74) is 11.0. The van der Waals surface area contributed by atoms with Gasteiger partial charge in [-0.1, -0.05) is 103 Å². The first-order valence-electron chi connectivity index (χ1n) is 11.9. The molecule has 6 rings (SSSR count). The molecule has 0 amide bonds. The number of ketones is 1. The fraction of sp³-hybridized carbons (Fsp3) is 0.156. The predicted octanol–water partition coefficient (Wildman–Crippen LogP) is 6.85. The molecule has 0 aromatic heterocycles. The highest BCUT2D eigenvalue weighted by Gasteiger charge is 2.51. The quantitative estimate of drug-likeness (QED) is 0.293. The van der Waals surface area contributed by atoms with Crippen LogP contribution in [0.15, 0.2) is 109 Å². The van der Waals surface area contributed by atoms with E-state index in [2.05, 4.69) is 72.8 Å². The van der Waals surface area contributed by atoms with E-state index in [1.165, 1.54) is 21.9 Å². The summed E-state index contributed by atoms with van der Waals surface area (Å²) in [5, 5.41) is 4.78. The van der Waals surface area contributed by atoms with Crippen LogP contribution in [0.1, 0.15) is 39.4 Å². The minimum atomic E-state index is -0.190. The van der Waals surface area contributed by atoms with Crippen LogP contribution in [-0.4, -0.2) is 11.3 Å². The van der Waals surface area contributed by atoms with Crippen molar-refractivity contribution in [2.75, 3.05) is 0 Å². The molecule has 0 bridgehead atoms. The van der Waals surface area contributed by atoms with Gasteiger partial charge in [0, 0.05) is 23.4 Å².